The normalized spacial score (nSPS) is 18.2. The minimum Gasteiger partial charge on any atom is -0.317 e. The molecule has 1 fully saturated rings. The highest BCUT2D eigenvalue weighted by atomic mass is 32.2. The molecule has 1 aromatic heterocycles. The summed E-state index contributed by atoms with van der Waals surface area (Å²) in [6.45, 7) is 3.47. The van der Waals surface area contributed by atoms with Crippen molar-refractivity contribution in [2.45, 2.75) is 31.4 Å². The van der Waals surface area contributed by atoms with E-state index in [1.165, 1.54) is 11.3 Å². The van der Waals surface area contributed by atoms with Crippen molar-refractivity contribution in [3.8, 4) is 0 Å². The van der Waals surface area contributed by atoms with E-state index < -0.39 is 10.0 Å². The van der Waals surface area contributed by atoms with Crippen molar-refractivity contribution >= 4 is 26.5 Å². The van der Waals surface area contributed by atoms with Crippen molar-refractivity contribution in [1.82, 2.24) is 15.5 Å². The van der Waals surface area contributed by atoms with E-state index >= 15 is 0 Å². The highest BCUT2D eigenvalue weighted by Crippen LogP contribution is 2.20. The lowest BCUT2D eigenvalue weighted by molar-refractivity contribution is 0.499. The first-order chi connectivity index (χ1) is 8.12. The number of anilines is 1. The maximum atomic E-state index is 12.1. The first-order valence-corrected chi connectivity index (χ1v) is 8.03. The van der Waals surface area contributed by atoms with Gasteiger partial charge in [0.1, 0.15) is 5.01 Å². The largest absolute Gasteiger partial charge is 0.317 e. The third-order valence-electron chi connectivity index (χ3n) is 2.72. The lowest BCUT2D eigenvalue weighted by Gasteiger charge is -2.22. The second kappa shape index (κ2) is 5.28. The smallest absolute Gasteiger partial charge is 0.237 e. The Morgan fingerprint density at radius 2 is 2.12 bits per heavy atom. The van der Waals surface area contributed by atoms with Crippen LogP contribution in [0.25, 0.3) is 0 Å². The molecule has 1 aromatic rings. The zero-order valence-corrected chi connectivity index (χ0v) is 11.3. The van der Waals surface area contributed by atoms with Crippen LogP contribution in [0.4, 0.5) is 5.13 Å². The summed E-state index contributed by atoms with van der Waals surface area (Å²) in [5, 5.41) is 11.8. The summed E-state index contributed by atoms with van der Waals surface area (Å²) in [6.07, 6.45) is 2.07. The average Bonchev–Trinajstić information content (AvgIpc) is 2.77. The van der Waals surface area contributed by atoms with Crippen LogP contribution in [0.1, 0.15) is 24.8 Å². The Hall–Kier alpha value is -0.730. The number of rotatable bonds is 4. The minimum absolute atomic E-state index is 0.322. The predicted molar refractivity (Wildman–Crippen MR) is 67.7 cm³/mol. The Morgan fingerprint density at radius 3 is 2.71 bits per heavy atom. The summed E-state index contributed by atoms with van der Waals surface area (Å²) < 4.78 is 26.6. The van der Waals surface area contributed by atoms with Crippen LogP contribution in [0, 0.1) is 0 Å². The minimum atomic E-state index is -3.31. The van der Waals surface area contributed by atoms with Gasteiger partial charge in [-0.3, -0.25) is 4.72 Å². The summed E-state index contributed by atoms with van der Waals surface area (Å²) in [7, 11) is -3.31. The van der Waals surface area contributed by atoms with Crippen LogP contribution >= 0.6 is 11.3 Å². The number of hydrogen-bond acceptors (Lipinski definition) is 6. The van der Waals surface area contributed by atoms with Crippen molar-refractivity contribution in [3.63, 3.8) is 0 Å². The Balaban J connectivity index is 2.05. The number of hydrogen-bond donors (Lipinski definition) is 2. The van der Waals surface area contributed by atoms with Crippen molar-refractivity contribution in [1.29, 1.82) is 0 Å². The molecule has 0 unspecified atom stereocenters. The van der Waals surface area contributed by atoms with Crippen LogP contribution < -0.4 is 10.0 Å². The fourth-order valence-electron chi connectivity index (χ4n) is 1.75. The first-order valence-electron chi connectivity index (χ1n) is 5.66. The molecule has 2 heterocycles. The van der Waals surface area contributed by atoms with Crippen molar-refractivity contribution in [2.24, 2.45) is 0 Å². The molecule has 17 heavy (non-hydrogen) atoms. The Morgan fingerprint density at radius 1 is 1.41 bits per heavy atom. The van der Waals surface area contributed by atoms with Crippen molar-refractivity contribution in [2.75, 3.05) is 17.8 Å². The summed E-state index contributed by atoms with van der Waals surface area (Å²) in [5.74, 6) is 0. The van der Waals surface area contributed by atoms with Gasteiger partial charge in [-0.2, -0.15) is 0 Å². The second-order valence-electron chi connectivity index (χ2n) is 3.95. The van der Waals surface area contributed by atoms with E-state index in [-0.39, 0.29) is 5.25 Å². The number of nitrogens with zero attached hydrogens (tertiary/aromatic N) is 2. The molecule has 0 amide bonds. The number of aromatic nitrogens is 2. The van der Waals surface area contributed by atoms with Crippen LogP contribution in [-0.2, 0) is 16.4 Å². The average molecular weight is 276 g/mol. The molecule has 1 saturated heterocycles. The van der Waals surface area contributed by atoms with E-state index in [0.717, 1.165) is 24.5 Å². The van der Waals surface area contributed by atoms with E-state index in [0.29, 0.717) is 18.0 Å². The van der Waals surface area contributed by atoms with Crippen molar-refractivity contribution in [3.05, 3.63) is 5.01 Å². The molecule has 2 rings (SSSR count). The summed E-state index contributed by atoms with van der Waals surface area (Å²) in [5.41, 5.74) is 0. The molecule has 2 N–H and O–H groups in total. The van der Waals surface area contributed by atoms with E-state index in [4.69, 9.17) is 0 Å². The van der Waals surface area contributed by atoms with Gasteiger partial charge in [-0.05, 0) is 32.4 Å². The highest BCUT2D eigenvalue weighted by molar-refractivity contribution is 7.93. The molecule has 0 spiro atoms. The van der Waals surface area contributed by atoms with Crippen LogP contribution in [-0.4, -0.2) is 37.0 Å². The maximum absolute atomic E-state index is 12.1. The fraction of sp³-hybridized carbons (Fsp3) is 0.778. The molecule has 96 valence electrons. The topological polar surface area (TPSA) is 84.0 Å². The Kier molecular flexibility index (Phi) is 3.95. The zero-order chi connectivity index (χ0) is 12.3. The Labute approximate surface area is 105 Å². The molecule has 1 aliphatic rings. The highest BCUT2D eigenvalue weighted by Gasteiger charge is 2.27. The number of nitrogens with one attached hydrogen (secondary N) is 2. The van der Waals surface area contributed by atoms with E-state index in [9.17, 15) is 8.42 Å². The quantitative estimate of drug-likeness (QED) is 0.841. The molecule has 0 radical (unpaired) electrons. The third kappa shape index (κ3) is 3.14. The standard InChI is InChI=1S/C9H16N4O2S2/c1-2-8-11-12-9(16-8)13-17(14,15)7-3-5-10-6-4-7/h7,10H,2-6H2,1H3,(H,12,13). The van der Waals surface area contributed by atoms with Gasteiger partial charge in [0.05, 0.1) is 5.25 Å². The lowest BCUT2D eigenvalue weighted by atomic mass is 10.2. The molecule has 1 aliphatic heterocycles. The van der Waals surface area contributed by atoms with Gasteiger partial charge in [-0.1, -0.05) is 18.3 Å². The van der Waals surface area contributed by atoms with Gasteiger partial charge in [0.25, 0.3) is 0 Å². The molecule has 0 aliphatic carbocycles. The van der Waals surface area contributed by atoms with E-state index in [2.05, 4.69) is 20.2 Å². The lowest BCUT2D eigenvalue weighted by Crippen LogP contribution is -2.38. The Bertz CT molecular complexity index is 465. The number of aryl methyl sites for hydroxylation is 1. The van der Waals surface area contributed by atoms with Crippen LogP contribution in [0.5, 0.6) is 0 Å². The molecule has 6 nitrogen and oxygen atoms in total. The molecule has 0 atom stereocenters. The zero-order valence-electron chi connectivity index (χ0n) is 9.64. The monoisotopic (exact) mass is 276 g/mol. The van der Waals surface area contributed by atoms with Crippen LogP contribution in [0.2, 0.25) is 0 Å². The summed E-state index contributed by atoms with van der Waals surface area (Å²) in [6, 6.07) is 0. The van der Waals surface area contributed by atoms with Gasteiger partial charge in [0.15, 0.2) is 0 Å². The van der Waals surface area contributed by atoms with E-state index in [1.807, 2.05) is 6.92 Å². The fourth-order valence-corrected chi connectivity index (χ4v) is 4.10. The first kappa shape index (κ1) is 12.7. The van der Waals surface area contributed by atoms with Gasteiger partial charge < -0.3 is 5.32 Å². The summed E-state index contributed by atoms with van der Waals surface area (Å²) >= 11 is 1.30. The van der Waals surface area contributed by atoms with Gasteiger partial charge in [0.2, 0.25) is 15.2 Å². The third-order valence-corrected chi connectivity index (χ3v) is 5.66. The summed E-state index contributed by atoms with van der Waals surface area (Å²) in [4.78, 5) is 0. The second-order valence-corrected chi connectivity index (χ2v) is 6.97. The van der Waals surface area contributed by atoms with Gasteiger partial charge in [-0.25, -0.2) is 8.42 Å². The molecule has 0 aromatic carbocycles. The van der Waals surface area contributed by atoms with Crippen molar-refractivity contribution < 1.29 is 8.42 Å². The van der Waals surface area contributed by atoms with Crippen LogP contribution in [0.15, 0.2) is 0 Å². The predicted octanol–water partition coefficient (Wildman–Crippen LogP) is 0.594. The number of sulfonamides is 1. The molecular weight excluding hydrogens is 260 g/mol. The van der Waals surface area contributed by atoms with Gasteiger partial charge in [0, 0.05) is 0 Å². The molecule has 0 saturated carbocycles. The van der Waals surface area contributed by atoms with Gasteiger partial charge in [-0.15, -0.1) is 10.2 Å². The number of piperidine rings is 1. The maximum Gasteiger partial charge on any atom is 0.237 e. The van der Waals surface area contributed by atoms with Crippen LogP contribution in [0.3, 0.4) is 0 Å². The van der Waals surface area contributed by atoms with Gasteiger partial charge >= 0.3 is 0 Å². The molecule has 8 heteroatoms. The molecule has 0 bridgehead atoms. The molecular formula is C9H16N4O2S2. The SMILES string of the molecule is CCc1nnc(NS(=O)(=O)C2CCNCC2)s1. The van der Waals surface area contributed by atoms with E-state index in [1.54, 1.807) is 0 Å².